The number of methoxy groups -OCH3 is 1. The van der Waals surface area contributed by atoms with Crippen LogP contribution in [0, 0.1) is 0 Å². The zero-order valence-corrected chi connectivity index (χ0v) is 16.0. The van der Waals surface area contributed by atoms with Gasteiger partial charge in [0, 0.05) is 50.2 Å². The van der Waals surface area contributed by atoms with Crippen molar-refractivity contribution in [3.63, 3.8) is 0 Å². The molecule has 1 aromatic carbocycles. The van der Waals surface area contributed by atoms with Crippen LogP contribution < -0.4 is 4.74 Å². The third kappa shape index (κ3) is 3.28. The van der Waals surface area contributed by atoms with Crippen molar-refractivity contribution in [3.05, 3.63) is 41.5 Å². The number of fused-ring (bicyclic) bond motifs is 1. The molecule has 2 aromatic heterocycles. The van der Waals surface area contributed by atoms with Gasteiger partial charge in [0.05, 0.1) is 12.8 Å². The highest BCUT2D eigenvalue weighted by Gasteiger charge is 2.25. The van der Waals surface area contributed by atoms with Gasteiger partial charge in [0.25, 0.3) is 5.91 Å². The summed E-state index contributed by atoms with van der Waals surface area (Å²) in [4.78, 5) is 33.4. The molecule has 1 fully saturated rings. The fourth-order valence-electron chi connectivity index (χ4n) is 3.25. The molecule has 0 bridgehead atoms. The summed E-state index contributed by atoms with van der Waals surface area (Å²) in [5.41, 5.74) is 2.35. The van der Waals surface area contributed by atoms with Gasteiger partial charge in [0.1, 0.15) is 11.4 Å². The van der Waals surface area contributed by atoms with Crippen molar-refractivity contribution in [1.82, 2.24) is 19.2 Å². The summed E-state index contributed by atoms with van der Waals surface area (Å²) >= 11 is 1.45. The van der Waals surface area contributed by atoms with E-state index in [1.54, 1.807) is 23.8 Å². The summed E-state index contributed by atoms with van der Waals surface area (Å²) in [6.45, 7) is 3.81. The number of amides is 2. The van der Waals surface area contributed by atoms with E-state index in [4.69, 9.17) is 4.74 Å². The molecule has 0 N–H and O–H groups in total. The molecule has 3 heterocycles. The van der Waals surface area contributed by atoms with Crippen LogP contribution in [-0.2, 0) is 4.79 Å². The number of hydrogen-bond donors (Lipinski definition) is 0. The molecule has 0 aliphatic carbocycles. The minimum atomic E-state index is -0.0287. The molecule has 8 heteroatoms. The number of ether oxygens (including phenoxy) is 1. The lowest BCUT2D eigenvalue weighted by Crippen LogP contribution is -2.50. The van der Waals surface area contributed by atoms with E-state index in [0.717, 1.165) is 22.0 Å². The lowest BCUT2D eigenvalue weighted by molar-refractivity contribution is -0.130. The van der Waals surface area contributed by atoms with Crippen molar-refractivity contribution in [2.24, 2.45) is 0 Å². The topological polar surface area (TPSA) is 67.2 Å². The van der Waals surface area contributed by atoms with Crippen molar-refractivity contribution in [3.8, 4) is 17.0 Å². The first-order valence-electron chi connectivity index (χ1n) is 8.72. The van der Waals surface area contributed by atoms with Gasteiger partial charge in [-0.1, -0.05) is 12.1 Å². The van der Waals surface area contributed by atoms with Gasteiger partial charge in [0.15, 0.2) is 4.96 Å². The fourth-order valence-corrected chi connectivity index (χ4v) is 4.09. The first-order chi connectivity index (χ1) is 13.1. The van der Waals surface area contributed by atoms with Crippen molar-refractivity contribution in [1.29, 1.82) is 0 Å². The van der Waals surface area contributed by atoms with E-state index in [2.05, 4.69) is 4.98 Å². The fraction of sp³-hybridized carbons (Fsp3) is 0.316. The third-order valence-electron chi connectivity index (χ3n) is 4.81. The zero-order chi connectivity index (χ0) is 19.0. The molecule has 0 unspecified atom stereocenters. The van der Waals surface area contributed by atoms with Crippen LogP contribution >= 0.6 is 11.3 Å². The van der Waals surface area contributed by atoms with E-state index in [9.17, 15) is 9.59 Å². The average Bonchev–Trinajstić information content (AvgIpc) is 3.28. The Morgan fingerprint density at radius 3 is 2.59 bits per heavy atom. The maximum absolute atomic E-state index is 13.0. The number of piperazine rings is 1. The Kier molecular flexibility index (Phi) is 4.57. The molecule has 0 saturated carbocycles. The molecule has 0 radical (unpaired) electrons. The van der Waals surface area contributed by atoms with Crippen LogP contribution in [0.25, 0.3) is 16.2 Å². The summed E-state index contributed by atoms with van der Waals surface area (Å²) in [6.07, 6.45) is 1.89. The van der Waals surface area contributed by atoms with E-state index in [0.29, 0.717) is 31.9 Å². The second-order valence-electron chi connectivity index (χ2n) is 6.43. The van der Waals surface area contributed by atoms with Crippen molar-refractivity contribution < 1.29 is 14.3 Å². The summed E-state index contributed by atoms with van der Waals surface area (Å²) < 4.78 is 7.12. The highest BCUT2D eigenvalue weighted by atomic mass is 32.1. The third-order valence-corrected chi connectivity index (χ3v) is 5.65. The molecule has 27 heavy (non-hydrogen) atoms. The van der Waals surface area contributed by atoms with E-state index in [-0.39, 0.29) is 11.8 Å². The Balaban J connectivity index is 1.59. The van der Waals surface area contributed by atoms with E-state index >= 15 is 0 Å². The Hall–Kier alpha value is -2.87. The highest BCUT2D eigenvalue weighted by molar-refractivity contribution is 7.15. The average molecular weight is 384 g/mol. The monoisotopic (exact) mass is 384 g/mol. The number of aromatic nitrogens is 2. The minimum Gasteiger partial charge on any atom is -0.497 e. The maximum atomic E-state index is 13.0. The van der Waals surface area contributed by atoms with Gasteiger partial charge < -0.3 is 14.5 Å². The summed E-state index contributed by atoms with van der Waals surface area (Å²) in [5, 5.41) is 1.84. The summed E-state index contributed by atoms with van der Waals surface area (Å²) in [7, 11) is 1.63. The smallest absolute Gasteiger partial charge is 0.271 e. The molecule has 1 aliphatic rings. The molecule has 4 rings (SSSR count). The van der Waals surface area contributed by atoms with Crippen LogP contribution in [0.5, 0.6) is 5.75 Å². The Morgan fingerprint density at radius 1 is 1.15 bits per heavy atom. The predicted octanol–water partition coefficient (Wildman–Crippen LogP) is 2.38. The predicted molar refractivity (Wildman–Crippen MR) is 103 cm³/mol. The van der Waals surface area contributed by atoms with Crippen molar-refractivity contribution in [2.45, 2.75) is 6.92 Å². The maximum Gasteiger partial charge on any atom is 0.271 e. The molecule has 3 aromatic rings. The first-order valence-corrected chi connectivity index (χ1v) is 9.60. The second-order valence-corrected chi connectivity index (χ2v) is 7.27. The number of rotatable bonds is 3. The molecule has 1 saturated heterocycles. The van der Waals surface area contributed by atoms with Crippen LogP contribution in [0.3, 0.4) is 0 Å². The van der Waals surface area contributed by atoms with Crippen LogP contribution in [0.2, 0.25) is 0 Å². The normalized spacial score (nSPS) is 14.6. The Labute approximate surface area is 160 Å². The second kappa shape index (κ2) is 7.03. The summed E-state index contributed by atoms with van der Waals surface area (Å²) in [6, 6.07) is 7.70. The molecule has 0 atom stereocenters. The highest BCUT2D eigenvalue weighted by Crippen LogP contribution is 2.27. The largest absolute Gasteiger partial charge is 0.497 e. The number of benzene rings is 1. The Bertz CT molecular complexity index is 1000. The van der Waals surface area contributed by atoms with E-state index < -0.39 is 0 Å². The quantitative estimate of drug-likeness (QED) is 0.695. The van der Waals surface area contributed by atoms with Gasteiger partial charge in [0.2, 0.25) is 5.91 Å². The van der Waals surface area contributed by atoms with E-state index in [1.165, 1.54) is 11.3 Å². The SMILES string of the molecule is COc1cccc(-c2cn3c(C(=O)N4CCN(C(C)=O)CC4)csc3n2)c1. The number of hydrogen-bond acceptors (Lipinski definition) is 5. The van der Waals surface area contributed by atoms with Crippen molar-refractivity contribution >= 4 is 28.1 Å². The Morgan fingerprint density at radius 2 is 1.89 bits per heavy atom. The van der Waals surface area contributed by atoms with Gasteiger partial charge in [-0.2, -0.15) is 0 Å². The van der Waals surface area contributed by atoms with Gasteiger partial charge in [-0.3, -0.25) is 14.0 Å². The van der Waals surface area contributed by atoms with Crippen LogP contribution in [0.4, 0.5) is 0 Å². The lowest BCUT2D eigenvalue weighted by atomic mass is 10.1. The molecule has 2 amide bonds. The molecule has 7 nitrogen and oxygen atoms in total. The van der Waals surface area contributed by atoms with Crippen LogP contribution in [-0.4, -0.2) is 64.3 Å². The molecular weight excluding hydrogens is 364 g/mol. The number of nitrogens with zero attached hydrogens (tertiary/aromatic N) is 4. The van der Waals surface area contributed by atoms with Crippen molar-refractivity contribution in [2.75, 3.05) is 33.3 Å². The molecular formula is C19H20N4O3S. The molecule has 0 spiro atoms. The standard InChI is InChI=1S/C19H20N4O3S/c1-13(24)21-6-8-22(9-7-21)18(25)17-12-27-19-20-16(11-23(17)19)14-4-3-5-15(10-14)26-2/h3-5,10-12H,6-9H2,1-2H3. The first kappa shape index (κ1) is 17.5. The summed E-state index contributed by atoms with van der Waals surface area (Å²) in [5.74, 6) is 0.792. The van der Waals surface area contributed by atoms with Gasteiger partial charge in [-0.05, 0) is 12.1 Å². The lowest BCUT2D eigenvalue weighted by Gasteiger charge is -2.34. The number of carbonyl (C=O) groups is 2. The number of thiazole rings is 1. The zero-order valence-electron chi connectivity index (χ0n) is 15.2. The van der Waals surface area contributed by atoms with Crippen LogP contribution in [0.1, 0.15) is 17.4 Å². The van der Waals surface area contributed by atoms with Gasteiger partial charge in [-0.15, -0.1) is 11.3 Å². The number of imidazole rings is 1. The van der Waals surface area contributed by atoms with Gasteiger partial charge >= 0.3 is 0 Å². The molecule has 140 valence electrons. The van der Waals surface area contributed by atoms with Crippen LogP contribution in [0.15, 0.2) is 35.8 Å². The van der Waals surface area contributed by atoms with E-state index in [1.807, 2.05) is 40.2 Å². The number of carbonyl (C=O) groups excluding carboxylic acids is 2. The molecule has 1 aliphatic heterocycles. The van der Waals surface area contributed by atoms with Gasteiger partial charge in [-0.25, -0.2) is 4.98 Å². The minimum absolute atomic E-state index is 0.0287.